The number of hydrogen-bond donors (Lipinski definition) is 1. The van der Waals surface area contributed by atoms with Gasteiger partial charge in [-0.25, -0.2) is 4.99 Å². The van der Waals surface area contributed by atoms with Crippen molar-refractivity contribution in [3.05, 3.63) is 66.7 Å². The van der Waals surface area contributed by atoms with Crippen LogP contribution in [0, 0.1) is 0 Å². The van der Waals surface area contributed by atoms with E-state index in [1.54, 1.807) is 22.8 Å². The third-order valence-corrected chi connectivity index (χ3v) is 6.58. The van der Waals surface area contributed by atoms with E-state index >= 15 is 0 Å². The fourth-order valence-electron chi connectivity index (χ4n) is 3.77. The molecule has 6 rings (SSSR count). The van der Waals surface area contributed by atoms with E-state index in [2.05, 4.69) is 10.3 Å². The number of aromatic nitrogens is 1. The van der Waals surface area contributed by atoms with E-state index in [-0.39, 0.29) is 18.3 Å². The number of nitrogens with zero attached hydrogens (tertiary/aromatic N) is 3. The molecule has 3 aliphatic heterocycles. The minimum Gasteiger partial charge on any atom is -0.454 e. The van der Waals surface area contributed by atoms with Crippen molar-refractivity contribution in [1.82, 2.24) is 4.57 Å². The highest BCUT2D eigenvalue weighted by molar-refractivity contribution is 7.07. The Morgan fingerprint density at radius 3 is 2.87 bits per heavy atom. The molecule has 0 saturated carbocycles. The normalized spacial score (nSPS) is 18.0. The Balaban J connectivity index is 1.45. The van der Waals surface area contributed by atoms with Crippen LogP contribution in [0.5, 0.6) is 11.5 Å². The first-order valence-electron chi connectivity index (χ1n) is 9.13. The van der Waals surface area contributed by atoms with Gasteiger partial charge in [0, 0.05) is 28.0 Å². The Morgan fingerprint density at radius 1 is 1.10 bits per heavy atom. The molecule has 0 saturated heterocycles. The maximum Gasteiger partial charge on any atom is 0.272 e. The van der Waals surface area contributed by atoms with Crippen LogP contribution in [-0.4, -0.2) is 23.9 Å². The lowest BCUT2D eigenvalue weighted by molar-refractivity contribution is -0.110. The second kappa shape index (κ2) is 6.35. The number of carbonyl (C=O) groups is 1. The van der Waals surface area contributed by atoms with E-state index in [0.717, 1.165) is 5.69 Å². The zero-order valence-electron chi connectivity index (χ0n) is 15.3. The molecule has 0 atom stereocenters. The third kappa shape index (κ3) is 2.55. The van der Waals surface area contributed by atoms with Crippen molar-refractivity contribution in [3.63, 3.8) is 0 Å². The molecule has 0 unspecified atom stereocenters. The molecule has 0 bridgehead atoms. The molecular weight excluding hydrogens is 428 g/mol. The van der Waals surface area contributed by atoms with Crippen molar-refractivity contribution in [2.24, 2.45) is 4.99 Å². The Bertz CT molecular complexity index is 1430. The van der Waals surface area contributed by atoms with Crippen LogP contribution in [0.4, 0.5) is 11.4 Å². The lowest BCUT2D eigenvalue weighted by atomic mass is 10.1. The molecule has 4 heterocycles. The topological polar surface area (TPSA) is 85.2 Å². The lowest BCUT2D eigenvalue weighted by Crippen LogP contribution is -2.43. The number of thiazole rings is 1. The van der Waals surface area contributed by atoms with Gasteiger partial charge in [0.2, 0.25) is 6.79 Å². The number of halogens is 1. The Labute approximate surface area is 178 Å². The summed E-state index contributed by atoms with van der Waals surface area (Å²) < 4.78 is 12.7. The maximum absolute atomic E-state index is 13.2. The van der Waals surface area contributed by atoms with Crippen LogP contribution in [0.1, 0.15) is 5.56 Å². The van der Waals surface area contributed by atoms with E-state index in [4.69, 9.17) is 21.1 Å². The molecule has 8 nitrogen and oxygen atoms in total. The van der Waals surface area contributed by atoms with Crippen molar-refractivity contribution in [2.75, 3.05) is 23.7 Å². The van der Waals surface area contributed by atoms with Gasteiger partial charge in [-0.2, -0.15) is 0 Å². The van der Waals surface area contributed by atoms with Gasteiger partial charge in [0.15, 0.2) is 16.3 Å². The summed E-state index contributed by atoms with van der Waals surface area (Å²) in [7, 11) is 0. The molecule has 0 fully saturated rings. The van der Waals surface area contributed by atoms with Crippen molar-refractivity contribution in [3.8, 4) is 11.5 Å². The molecule has 1 amide bonds. The zero-order valence-corrected chi connectivity index (χ0v) is 16.9. The Hall–Kier alpha value is -3.30. The van der Waals surface area contributed by atoms with Gasteiger partial charge in [-0.3, -0.25) is 14.2 Å². The van der Waals surface area contributed by atoms with Crippen molar-refractivity contribution in [2.45, 2.75) is 6.67 Å². The summed E-state index contributed by atoms with van der Waals surface area (Å²) in [6, 6.07) is 10.8. The monoisotopic (exact) mass is 440 g/mol. The number of fused-ring (bicyclic) bond motifs is 3. The second-order valence-corrected chi connectivity index (χ2v) is 8.40. The number of carbonyl (C=O) groups excluding carboxylic acids is 1. The third-order valence-electron chi connectivity index (χ3n) is 5.23. The van der Waals surface area contributed by atoms with Crippen LogP contribution < -0.4 is 34.6 Å². The van der Waals surface area contributed by atoms with Crippen molar-refractivity contribution in [1.29, 1.82) is 0 Å². The summed E-state index contributed by atoms with van der Waals surface area (Å²) >= 11 is 7.34. The first-order valence-corrected chi connectivity index (χ1v) is 10.3. The van der Waals surface area contributed by atoms with E-state index < -0.39 is 0 Å². The SMILES string of the molecule is O=C1Nc2ccc(Cl)cc2C1=c1sc2n(c1=O)CN(c1ccc3c(c1)OCO3)CN=2. The Morgan fingerprint density at radius 2 is 1.97 bits per heavy atom. The van der Waals surface area contributed by atoms with Crippen LogP contribution in [0.3, 0.4) is 0 Å². The molecule has 3 aromatic rings. The number of ether oxygens (including phenoxy) is 2. The van der Waals surface area contributed by atoms with Gasteiger partial charge in [0.05, 0.1) is 5.57 Å². The minimum atomic E-state index is -0.309. The molecule has 2 aromatic carbocycles. The predicted molar refractivity (Wildman–Crippen MR) is 112 cm³/mol. The van der Waals surface area contributed by atoms with Gasteiger partial charge < -0.3 is 19.7 Å². The van der Waals surface area contributed by atoms with Crippen LogP contribution in [-0.2, 0) is 11.5 Å². The lowest BCUT2D eigenvalue weighted by Gasteiger charge is -2.25. The van der Waals surface area contributed by atoms with Gasteiger partial charge in [-0.1, -0.05) is 22.9 Å². The van der Waals surface area contributed by atoms with Gasteiger partial charge >= 0.3 is 0 Å². The van der Waals surface area contributed by atoms with E-state index in [0.29, 0.717) is 56.0 Å². The number of anilines is 2. The van der Waals surface area contributed by atoms with E-state index in [1.165, 1.54) is 11.3 Å². The first-order chi connectivity index (χ1) is 14.6. The number of amides is 1. The average Bonchev–Trinajstić information content (AvgIpc) is 3.42. The molecule has 1 N–H and O–H groups in total. The van der Waals surface area contributed by atoms with Crippen LogP contribution in [0.2, 0.25) is 5.02 Å². The number of nitrogens with one attached hydrogen (secondary N) is 1. The first kappa shape index (κ1) is 17.5. The summed E-state index contributed by atoms with van der Waals surface area (Å²) in [6.45, 7) is 0.918. The fourth-order valence-corrected chi connectivity index (χ4v) is 5.00. The summed E-state index contributed by atoms with van der Waals surface area (Å²) in [6.07, 6.45) is 0. The van der Waals surface area contributed by atoms with Crippen molar-refractivity contribution >= 4 is 45.8 Å². The highest BCUT2D eigenvalue weighted by Gasteiger charge is 2.28. The van der Waals surface area contributed by atoms with Gasteiger partial charge in [0.25, 0.3) is 11.5 Å². The number of benzene rings is 2. The number of rotatable bonds is 1. The molecular formula is C20H13ClN4O4S. The predicted octanol–water partition coefficient (Wildman–Crippen LogP) is 1.50. The summed E-state index contributed by atoms with van der Waals surface area (Å²) in [5.74, 6) is 1.06. The van der Waals surface area contributed by atoms with Crippen LogP contribution >= 0.6 is 22.9 Å². The van der Waals surface area contributed by atoms with Crippen LogP contribution in [0.25, 0.3) is 5.57 Å². The second-order valence-electron chi connectivity index (χ2n) is 6.98. The molecule has 10 heteroatoms. The molecule has 0 spiro atoms. The number of hydrogen-bond acceptors (Lipinski definition) is 7. The van der Waals surface area contributed by atoms with Crippen molar-refractivity contribution < 1.29 is 14.3 Å². The average molecular weight is 441 g/mol. The maximum atomic E-state index is 13.2. The fraction of sp³-hybridized carbons (Fsp3) is 0.150. The highest BCUT2D eigenvalue weighted by atomic mass is 35.5. The van der Waals surface area contributed by atoms with Gasteiger partial charge in [0.1, 0.15) is 17.9 Å². The summed E-state index contributed by atoms with van der Waals surface area (Å²) in [4.78, 5) is 32.9. The van der Waals surface area contributed by atoms with Gasteiger partial charge in [-0.15, -0.1) is 0 Å². The smallest absolute Gasteiger partial charge is 0.272 e. The van der Waals surface area contributed by atoms with E-state index in [1.807, 2.05) is 23.1 Å². The van der Waals surface area contributed by atoms with E-state index in [9.17, 15) is 9.59 Å². The molecule has 30 heavy (non-hydrogen) atoms. The van der Waals surface area contributed by atoms with Gasteiger partial charge in [-0.05, 0) is 30.3 Å². The summed E-state index contributed by atoms with van der Waals surface area (Å²) in [5, 5.41) is 3.30. The largest absolute Gasteiger partial charge is 0.454 e. The minimum absolute atomic E-state index is 0.201. The van der Waals surface area contributed by atoms with Crippen LogP contribution in [0.15, 0.2) is 46.2 Å². The molecule has 1 aromatic heterocycles. The highest BCUT2D eigenvalue weighted by Crippen LogP contribution is 2.36. The standard InChI is InChI=1S/C20H13ClN4O4S/c21-10-1-3-13-12(5-10)16(18(26)23-13)17-19(27)25-8-24(7-22-20(25)30-17)11-2-4-14-15(6-11)29-9-28-14/h1-6H,7-9H2,(H,23,26). The summed E-state index contributed by atoms with van der Waals surface area (Å²) in [5.41, 5.74) is 2.25. The Kier molecular flexibility index (Phi) is 3.71. The quantitative estimate of drug-likeness (QED) is 0.620. The zero-order chi connectivity index (χ0) is 20.4. The molecule has 3 aliphatic rings. The molecule has 0 aliphatic carbocycles. The molecule has 0 radical (unpaired) electrons. The molecule has 150 valence electrons.